The lowest BCUT2D eigenvalue weighted by Gasteiger charge is -1.99. The van der Waals surface area contributed by atoms with Gasteiger partial charge in [0.1, 0.15) is 0 Å². The summed E-state index contributed by atoms with van der Waals surface area (Å²) in [6, 6.07) is 0. The molecule has 0 aromatic carbocycles. The third-order valence-electron chi connectivity index (χ3n) is 1.95. The summed E-state index contributed by atoms with van der Waals surface area (Å²) in [4.78, 5) is 19.3. The smallest absolute Gasteiger partial charge is 0.358 e. The van der Waals surface area contributed by atoms with Crippen LogP contribution < -0.4 is 0 Å². The number of carbonyl (C=O) groups excluding carboxylic acids is 1. The first-order valence-corrected chi connectivity index (χ1v) is 5.74. The second kappa shape index (κ2) is 4.68. The van der Waals surface area contributed by atoms with Gasteiger partial charge in [-0.2, -0.15) is 0 Å². The number of imidazole rings is 1. The summed E-state index contributed by atoms with van der Waals surface area (Å²) in [5, 5.41) is 0.237. The fraction of sp³-hybridized carbons (Fsp3) is 0.222. The summed E-state index contributed by atoms with van der Waals surface area (Å²) >= 11 is 17.5. The van der Waals surface area contributed by atoms with Gasteiger partial charge >= 0.3 is 5.97 Å². The third kappa shape index (κ3) is 2.18. The van der Waals surface area contributed by atoms with Crippen molar-refractivity contribution in [2.75, 3.05) is 6.61 Å². The van der Waals surface area contributed by atoms with E-state index in [0.717, 1.165) is 0 Å². The summed E-state index contributed by atoms with van der Waals surface area (Å²) in [6.07, 6.45) is 1.40. The molecule has 0 aliphatic heterocycles. The number of halogens is 3. The van der Waals surface area contributed by atoms with Crippen LogP contribution in [-0.2, 0) is 4.74 Å². The van der Waals surface area contributed by atoms with E-state index in [-0.39, 0.29) is 33.4 Å². The fourth-order valence-electron chi connectivity index (χ4n) is 1.26. The Morgan fingerprint density at radius 2 is 2.06 bits per heavy atom. The van der Waals surface area contributed by atoms with Gasteiger partial charge in [0, 0.05) is 6.20 Å². The van der Waals surface area contributed by atoms with Crippen molar-refractivity contribution in [3.63, 3.8) is 0 Å². The van der Waals surface area contributed by atoms with Gasteiger partial charge in [-0.05, 0) is 6.92 Å². The molecule has 0 radical (unpaired) electrons. The van der Waals surface area contributed by atoms with E-state index in [0.29, 0.717) is 0 Å². The van der Waals surface area contributed by atoms with Gasteiger partial charge in [-0.3, -0.25) is 4.40 Å². The molecule has 0 amide bonds. The van der Waals surface area contributed by atoms with Crippen molar-refractivity contribution in [2.24, 2.45) is 0 Å². The second-order valence-corrected chi connectivity index (χ2v) is 4.10. The molecule has 8 heteroatoms. The lowest BCUT2D eigenvalue weighted by atomic mass is 10.5. The molecule has 0 fully saturated rings. The van der Waals surface area contributed by atoms with Gasteiger partial charge in [0.25, 0.3) is 0 Å². The molecule has 0 saturated heterocycles. The minimum Gasteiger partial charge on any atom is -0.461 e. The molecule has 17 heavy (non-hydrogen) atoms. The van der Waals surface area contributed by atoms with E-state index in [1.807, 2.05) is 0 Å². The highest BCUT2D eigenvalue weighted by Crippen LogP contribution is 2.26. The van der Waals surface area contributed by atoms with Crippen LogP contribution >= 0.6 is 34.8 Å². The highest BCUT2D eigenvalue weighted by molar-refractivity contribution is 6.41. The average Bonchev–Trinajstić information content (AvgIpc) is 2.72. The van der Waals surface area contributed by atoms with Crippen molar-refractivity contribution in [2.45, 2.75) is 6.92 Å². The third-order valence-corrected chi connectivity index (χ3v) is 2.93. The Balaban J connectivity index is 2.61. The lowest BCUT2D eigenvalue weighted by Crippen LogP contribution is -2.04. The van der Waals surface area contributed by atoms with Crippen molar-refractivity contribution in [3.05, 3.63) is 27.4 Å². The van der Waals surface area contributed by atoms with Crippen LogP contribution in [0.1, 0.15) is 17.4 Å². The van der Waals surface area contributed by atoms with Gasteiger partial charge in [0.15, 0.2) is 26.8 Å². The average molecular weight is 295 g/mol. The second-order valence-electron chi connectivity index (χ2n) is 3.02. The quantitative estimate of drug-likeness (QED) is 0.799. The Hall–Kier alpha value is -1.04. The molecule has 0 aliphatic carbocycles. The summed E-state index contributed by atoms with van der Waals surface area (Å²) < 4.78 is 6.19. The summed E-state index contributed by atoms with van der Waals surface area (Å²) in [5.41, 5.74) is 0.351. The topological polar surface area (TPSA) is 56.5 Å². The SMILES string of the molecule is CCOC(=O)c1cn2c(Cl)c(Cl)nc(Cl)c2n1. The number of nitrogens with zero attached hydrogens (tertiary/aromatic N) is 3. The van der Waals surface area contributed by atoms with Crippen LogP contribution in [0.4, 0.5) is 0 Å². The van der Waals surface area contributed by atoms with Gasteiger partial charge in [-0.15, -0.1) is 0 Å². The molecule has 0 saturated carbocycles. The maximum absolute atomic E-state index is 11.5. The monoisotopic (exact) mass is 293 g/mol. The minimum absolute atomic E-state index is 0.0389. The van der Waals surface area contributed by atoms with Crippen LogP contribution in [0.15, 0.2) is 6.20 Å². The molecule has 2 heterocycles. The molecule has 0 bridgehead atoms. The zero-order valence-corrected chi connectivity index (χ0v) is 10.8. The molecule has 90 valence electrons. The Morgan fingerprint density at radius 1 is 1.35 bits per heavy atom. The Labute approximate surface area is 111 Å². The highest BCUT2D eigenvalue weighted by atomic mass is 35.5. The number of hydrogen-bond donors (Lipinski definition) is 0. The van der Waals surface area contributed by atoms with Gasteiger partial charge in [-0.1, -0.05) is 34.8 Å². The summed E-state index contributed by atoms with van der Waals surface area (Å²) in [7, 11) is 0. The predicted molar refractivity (Wildman–Crippen MR) is 64.0 cm³/mol. The van der Waals surface area contributed by atoms with Crippen molar-refractivity contribution in [1.82, 2.24) is 14.4 Å². The minimum atomic E-state index is -0.556. The molecule has 0 N–H and O–H groups in total. The van der Waals surface area contributed by atoms with Crippen LogP contribution in [0.3, 0.4) is 0 Å². The van der Waals surface area contributed by atoms with E-state index in [4.69, 9.17) is 39.5 Å². The first-order chi connectivity index (χ1) is 8.04. The Bertz CT molecular complexity index is 597. The first-order valence-electron chi connectivity index (χ1n) is 4.61. The molecule has 0 unspecified atom stereocenters. The predicted octanol–water partition coefficient (Wildman–Crippen LogP) is 2.87. The molecular weight excluding hydrogens is 288 g/mol. The van der Waals surface area contributed by atoms with Crippen LogP contribution in [-0.4, -0.2) is 26.9 Å². The number of ether oxygens (including phenoxy) is 1. The molecular formula is C9H6Cl3N3O2. The largest absolute Gasteiger partial charge is 0.461 e. The van der Waals surface area contributed by atoms with E-state index in [1.165, 1.54) is 10.6 Å². The zero-order valence-electron chi connectivity index (χ0n) is 8.58. The van der Waals surface area contributed by atoms with Crippen LogP contribution in [0, 0.1) is 0 Å². The van der Waals surface area contributed by atoms with Crippen molar-refractivity contribution in [3.8, 4) is 0 Å². The lowest BCUT2D eigenvalue weighted by molar-refractivity contribution is 0.0520. The number of hydrogen-bond acceptors (Lipinski definition) is 4. The van der Waals surface area contributed by atoms with Crippen molar-refractivity contribution >= 4 is 46.4 Å². The molecule has 2 aromatic heterocycles. The van der Waals surface area contributed by atoms with Crippen LogP contribution in [0.2, 0.25) is 15.5 Å². The highest BCUT2D eigenvalue weighted by Gasteiger charge is 2.17. The van der Waals surface area contributed by atoms with E-state index >= 15 is 0 Å². The molecule has 0 spiro atoms. The van der Waals surface area contributed by atoms with Gasteiger partial charge in [-0.25, -0.2) is 14.8 Å². The van der Waals surface area contributed by atoms with E-state index in [9.17, 15) is 4.79 Å². The molecule has 2 rings (SSSR count). The van der Waals surface area contributed by atoms with Gasteiger partial charge < -0.3 is 4.74 Å². The number of aromatic nitrogens is 3. The van der Waals surface area contributed by atoms with Gasteiger partial charge in [0.05, 0.1) is 6.61 Å². The van der Waals surface area contributed by atoms with E-state index in [1.54, 1.807) is 6.92 Å². The van der Waals surface area contributed by atoms with E-state index < -0.39 is 5.97 Å². The number of rotatable bonds is 2. The Morgan fingerprint density at radius 3 is 2.71 bits per heavy atom. The zero-order chi connectivity index (χ0) is 12.6. The fourth-order valence-corrected chi connectivity index (χ4v) is 1.87. The van der Waals surface area contributed by atoms with Crippen molar-refractivity contribution < 1.29 is 9.53 Å². The Kier molecular flexibility index (Phi) is 3.42. The maximum Gasteiger partial charge on any atom is 0.358 e. The molecule has 5 nitrogen and oxygen atoms in total. The standard InChI is InChI=1S/C9H6Cl3N3O2/c1-2-17-9(16)4-3-15-7(12)5(10)14-6(11)8(15)13-4/h3H,2H2,1H3. The normalized spacial score (nSPS) is 10.8. The number of carbonyl (C=O) groups is 1. The van der Waals surface area contributed by atoms with Crippen molar-refractivity contribution in [1.29, 1.82) is 0 Å². The summed E-state index contributed by atoms with van der Waals surface area (Å²) in [5.74, 6) is -0.556. The summed E-state index contributed by atoms with van der Waals surface area (Å²) in [6.45, 7) is 1.96. The van der Waals surface area contributed by atoms with Crippen LogP contribution in [0.5, 0.6) is 0 Å². The van der Waals surface area contributed by atoms with Crippen LogP contribution in [0.25, 0.3) is 5.65 Å². The first kappa shape index (κ1) is 12.4. The molecule has 0 atom stereocenters. The maximum atomic E-state index is 11.5. The molecule has 0 aliphatic rings. The van der Waals surface area contributed by atoms with Gasteiger partial charge in [0.2, 0.25) is 0 Å². The number of fused-ring (bicyclic) bond motifs is 1. The van der Waals surface area contributed by atoms with E-state index in [2.05, 4.69) is 9.97 Å². The molecule has 2 aromatic rings. The number of esters is 1.